The average Bonchev–Trinajstić information content (AvgIpc) is 2.86. The summed E-state index contributed by atoms with van der Waals surface area (Å²) in [5, 5.41) is -19.5. The van der Waals surface area contributed by atoms with E-state index < -0.39 is 80.2 Å². The molecule has 0 fully saturated rings. The van der Waals surface area contributed by atoms with Crippen molar-refractivity contribution in [2.45, 2.75) is 100 Å². The third-order valence-electron chi connectivity index (χ3n) is 4.75. The van der Waals surface area contributed by atoms with Crippen molar-refractivity contribution in [3.8, 4) is 0 Å². The van der Waals surface area contributed by atoms with Crippen LogP contribution < -0.4 is 9.78 Å². The quantitative estimate of drug-likeness (QED) is 0.233. The van der Waals surface area contributed by atoms with E-state index in [0.717, 1.165) is 6.08 Å². The molecule has 0 bridgehead atoms. The van der Waals surface area contributed by atoms with Crippen LogP contribution in [0.4, 0.5) is 39.5 Å². The Morgan fingerprint density at radius 3 is 1.15 bits per heavy atom. The van der Waals surface area contributed by atoms with Crippen molar-refractivity contribution in [1.82, 2.24) is 9.78 Å². The van der Waals surface area contributed by atoms with Crippen LogP contribution in [0.3, 0.4) is 0 Å². The fourth-order valence-electron chi connectivity index (χ4n) is 4.16. The van der Waals surface area contributed by atoms with Crippen LogP contribution in [0, 0.1) is 0 Å². The van der Waals surface area contributed by atoms with Gasteiger partial charge >= 0.3 is 204 Å². The van der Waals surface area contributed by atoms with Crippen LogP contribution >= 0.6 is 0 Å². The Labute approximate surface area is 203 Å². The zero-order chi connectivity index (χ0) is 27.4. The van der Waals surface area contributed by atoms with Gasteiger partial charge in [0.1, 0.15) is 0 Å². The van der Waals surface area contributed by atoms with Crippen LogP contribution in [0.15, 0.2) is 19.8 Å². The average molecular weight is 651 g/mol. The van der Waals surface area contributed by atoms with E-state index in [1.807, 2.05) is 0 Å². The van der Waals surface area contributed by atoms with Gasteiger partial charge in [0.15, 0.2) is 0 Å². The summed E-state index contributed by atoms with van der Waals surface area (Å²) in [4.78, 5) is 0. The van der Waals surface area contributed by atoms with Gasteiger partial charge in [-0.25, -0.2) is 0 Å². The summed E-state index contributed by atoms with van der Waals surface area (Å²) in [6.07, 6.45) is 0.975. The Morgan fingerprint density at radius 1 is 0.618 bits per heavy atom. The van der Waals surface area contributed by atoms with Gasteiger partial charge in [0, 0.05) is 0 Å². The van der Waals surface area contributed by atoms with Gasteiger partial charge in [-0.05, 0) is 0 Å². The van der Waals surface area contributed by atoms with Gasteiger partial charge < -0.3 is 0 Å². The molecule has 0 aliphatic heterocycles. The molecule has 0 saturated heterocycles. The molecule has 0 aromatic heterocycles. The molecule has 1 aliphatic rings. The number of rotatable bonds is 5. The second-order valence-corrected chi connectivity index (χ2v) is 26.5. The molecule has 34 heavy (non-hydrogen) atoms. The summed E-state index contributed by atoms with van der Waals surface area (Å²) in [6.45, 7) is 15.0. The molecule has 0 aromatic carbocycles. The van der Waals surface area contributed by atoms with Crippen LogP contribution in [-0.2, 0) is 21.1 Å². The molecular weight excluding hydrogens is 617 g/mol. The van der Waals surface area contributed by atoms with E-state index in [2.05, 4.69) is 9.78 Å². The van der Waals surface area contributed by atoms with E-state index >= 15 is 0 Å². The van der Waals surface area contributed by atoms with Crippen molar-refractivity contribution in [3.63, 3.8) is 0 Å². The van der Waals surface area contributed by atoms with Crippen molar-refractivity contribution in [3.05, 3.63) is 19.8 Å². The molecule has 1 aliphatic carbocycles. The van der Waals surface area contributed by atoms with E-state index in [1.165, 1.54) is 0 Å². The second kappa shape index (κ2) is 9.47. The molecule has 0 unspecified atom stereocenters. The third kappa shape index (κ3) is 6.92. The van der Waals surface area contributed by atoms with Crippen molar-refractivity contribution >= 4 is 13.3 Å². The number of nitrogens with one attached hydrogen (secondary N) is 3. The molecule has 1 rings (SSSR count). The second-order valence-electron chi connectivity index (χ2n) is 11.6. The fraction of sp³-hybridized carbons (Fsp3) is 0.800. The third-order valence-corrected chi connectivity index (χ3v) is 25.8. The maximum atomic E-state index is 14.1. The summed E-state index contributed by atoms with van der Waals surface area (Å²) in [6, 6.07) is 0. The Bertz CT molecular complexity index is 731. The Hall–Kier alpha value is 0.156. The van der Waals surface area contributed by atoms with Gasteiger partial charge in [0.25, 0.3) is 0 Å². The predicted octanol–water partition coefficient (Wildman–Crippen LogP) is 6.56. The summed E-state index contributed by atoms with van der Waals surface area (Å²) in [7, 11) is 0. The molecule has 14 heteroatoms. The number of hydrogen-bond acceptors (Lipinski definition) is 3. The molecule has 0 aromatic rings. The summed E-state index contributed by atoms with van der Waals surface area (Å²) >= 11 is -14.0. The molecule has 3 nitrogen and oxygen atoms in total. The van der Waals surface area contributed by atoms with E-state index in [9.17, 15) is 39.5 Å². The molecule has 0 saturated carbocycles. The molecule has 0 radical (unpaired) electrons. The van der Waals surface area contributed by atoms with Gasteiger partial charge in [-0.15, -0.1) is 0 Å². The van der Waals surface area contributed by atoms with Gasteiger partial charge in [0.05, 0.1) is 0 Å². The molecule has 0 amide bonds. The first-order valence-electron chi connectivity index (χ1n) is 10.6. The Morgan fingerprint density at radius 2 is 0.912 bits per heavy atom. The molecule has 200 valence electrons. The van der Waals surface area contributed by atoms with Crippen LogP contribution in [0.2, 0.25) is 0 Å². The predicted molar refractivity (Wildman–Crippen MR) is 113 cm³/mol. The van der Waals surface area contributed by atoms with E-state index in [1.54, 1.807) is 62.3 Å². The minimum atomic E-state index is -8.88. The number of allylic oxidation sites excluding steroid dienone is 4. The van der Waals surface area contributed by atoms with Crippen LogP contribution in [0.5, 0.6) is 0 Å². The minimum absolute atomic E-state index is 0.425. The molecule has 3 N–H and O–H groups in total. The van der Waals surface area contributed by atoms with Gasteiger partial charge in [-0.3, -0.25) is 0 Å². The number of halogens is 9. The number of alkyl halides is 9. The topological polar surface area (TPSA) is 36.1 Å². The van der Waals surface area contributed by atoms with Crippen molar-refractivity contribution in [2.75, 3.05) is 0 Å². The molecule has 0 atom stereocenters. The summed E-state index contributed by atoms with van der Waals surface area (Å²) < 4.78 is 135. The van der Waals surface area contributed by atoms with Crippen molar-refractivity contribution in [1.29, 1.82) is 0 Å². The SMILES string of the molecule is CC(C)(C)[NH][Zr]([NH]C(C)(C)C)([NH]C(C)(C)C)[C]1=[C]([Ge]([C](F)(F)F)([C](F)(F)F)[C](F)(F)F)C=CC1. The van der Waals surface area contributed by atoms with Crippen LogP contribution in [0.25, 0.3) is 0 Å². The zero-order valence-corrected chi connectivity index (χ0v) is 25.3. The summed E-state index contributed by atoms with van der Waals surface area (Å²) in [5.41, 5.74) is -2.51. The van der Waals surface area contributed by atoms with Crippen LogP contribution in [-0.4, -0.2) is 44.9 Å². The van der Waals surface area contributed by atoms with Gasteiger partial charge in [0.2, 0.25) is 0 Å². The van der Waals surface area contributed by atoms with Crippen LogP contribution in [0.1, 0.15) is 68.7 Å². The Balaban J connectivity index is 4.30. The van der Waals surface area contributed by atoms with E-state index in [4.69, 9.17) is 0 Å². The van der Waals surface area contributed by atoms with Crippen molar-refractivity contribution < 1.29 is 60.7 Å². The molecule has 0 spiro atoms. The molecule has 0 heterocycles. The zero-order valence-electron chi connectivity index (χ0n) is 20.8. The fourth-order valence-corrected chi connectivity index (χ4v) is 26.9. The normalized spacial score (nSPS) is 17.7. The monoisotopic (exact) mass is 651 g/mol. The Kier molecular flexibility index (Phi) is 8.97. The van der Waals surface area contributed by atoms with Gasteiger partial charge in [-0.1, -0.05) is 0 Å². The first-order chi connectivity index (χ1) is 14.6. The van der Waals surface area contributed by atoms with Crippen molar-refractivity contribution in [2.24, 2.45) is 0 Å². The number of hydrogen-bond donors (Lipinski definition) is 3. The first kappa shape index (κ1) is 32.2. The molecular formula is C20H34F9GeN3Zr. The van der Waals surface area contributed by atoms with E-state index in [-0.39, 0.29) is 0 Å². The van der Waals surface area contributed by atoms with Gasteiger partial charge in [-0.2, -0.15) is 0 Å². The van der Waals surface area contributed by atoms with E-state index in [0.29, 0.717) is 6.08 Å². The first-order valence-corrected chi connectivity index (χ1v) is 19.7. The standard InChI is InChI=1S/C8H4F9Ge.3C4H10N.Zr/c9-6(10,11)18(7(12,13)14,8(15,16)17)5-3-1-2-4-5;3*1-4(2,3)5;/h1,3H,2H2;3*5H,1-3H3;/q;3*-1;+3. The maximum absolute atomic E-state index is 14.1. The summed E-state index contributed by atoms with van der Waals surface area (Å²) in [5.74, 6) is 0.